The quantitative estimate of drug-likeness (QED) is 0.591. The number of rotatable bonds is 9. The highest BCUT2D eigenvalue weighted by atomic mass is 16.2. The van der Waals surface area contributed by atoms with Gasteiger partial charge in [0.25, 0.3) is 0 Å². The fourth-order valence-corrected chi connectivity index (χ4v) is 2.77. The zero-order valence-corrected chi connectivity index (χ0v) is 18.0. The lowest BCUT2D eigenvalue weighted by atomic mass is 10.1. The Labute approximate surface area is 177 Å². The van der Waals surface area contributed by atoms with Gasteiger partial charge in [-0.1, -0.05) is 25.1 Å². The lowest BCUT2D eigenvalue weighted by Crippen LogP contribution is -2.22. The molecule has 0 radical (unpaired) electrons. The van der Waals surface area contributed by atoms with Crippen molar-refractivity contribution in [3.8, 4) is 0 Å². The van der Waals surface area contributed by atoms with E-state index in [1.54, 1.807) is 25.9 Å². The minimum Gasteiger partial charge on any atom is -0.376 e. The fraction of sp³-hybridized carbons (Fsp3) is 0.348. The maximum atomic E-state index is 12.3. The number of nitrogens with one attached hydrogen (secondary N) is 3. The average Bonchev–Trinajstić information content (AvgIpc) is 2.72. The van der Waals surface area contributed by atoms with E-state index in [1.165, 1.54) is 0 Å². The molecule has 2 rings (SSSR count). The van der Waals surface area contributed by atoms with Crippen molar-refractivity contribution in [1.82, 2.24) is 4.90 Å². The van der Waals surface area contributed by atoms with E-state index in [0.29, 0.717) is 24.9 Å². The van der Waals surface area contributed by atoms with Crippen LogP contribution in [0.25, 0.3) is 0 Å². The van der Waals surface area contributed by atoms with Crippen LogP contribution in [0.3, 0.4) is 0 Å². The van der Waals surface area contributed by atoms with Gasteiger partial charge in [-0.3, -0.25) is 14.4 Å². The first-order valence-corrected chi connectivity index (χ1v) is 10.0. The summed E-state index contributed by atoms with van der Waals surface area (Å²) in [5, 5.41) is 8.80. The topological polar surface area (TPSA) is 90.5 Å². The normalized spacial score (nSPS) is 10.3. The summed E-state index contributed by atoms with van der Waals surface area (Å²) in [6.07, 6.45) is 1.45. The van der Waals surface area contributed by atoms with Crippen molar-refractivity contribution in [2.45, 2.75) is 33.1 Å². The Hall–Kier alpha value is -3.35. The molecule has 7 nitrogen and oxygen atoms in total. The van der Waals surface area contributed by atoms with Crippen molar-refractivity contribution in [3.63, 3.8) is 0 Å². The number of aryl methyl sites for hydroxylation is 2. The van der Waals surface area contributed by atoms with Gasteiger partial charge in [-0.05, 0) is 48.7 Å². The SMILES string of the molecule is CCC(=O)Nc1cc(NCC(=O)Nc2cccc(CCC(=O)N(C)C)c2)ccc1C. The molecule has 0 aromatic heterocycles. The van der Waals surface area contributed by atoms with Crippen molar-refractivity contribution in [2.24, 2.45) is 0 Å². The maximum Gasteiger partial charge on any atom is 0.243 e. The predicted molar refractivity (Wildman–Crippen MR) is 121 cm³/mol. The van der Waals surface area contributed by atoms with Crippen molar-refractivity contribution in [3.05, 3.63) is 53.6 Å². The van der Waals surface area contributed by atoms with Crippen LogP contribution in [0.5, 0.6) is 0 Å². The van der Waals surface area contributed by atoms with Crippen molar-refractivity contribution in [1.29, 1.82) is 0 Å². The first kappa shape index (κ1) is 22.9. The average molecular weight is 411 g/mol. The Morgan fingerprint density at radius 3 is 2.40 bits per heavy atom. The minimum absolute atomic E-state index is 0.0554. The van der Waals surface area contributed by atoms with Crippen LogP contribution in [0.2, 0.25) is 0 Å². The molecular weight excluding hydrogens is 380 g/mol. The summed E-state index contributed by atoms with van der Waals surface area (Å²) < 4.78 is 0. The highest BCUT2D eigenvalue weighted by Crippen LogP contribution is 2.20. The lowest BCUT2D eigenvalue weighted by Gasteiger charge is -2.13. The zero-order chi connectivity index (χ0) is 22.1. The van der Waals surface area contributed by atoms with Crippen LogP contribution >= 0.6 is 0 Å². The maximum absolute atomic E-state index is 12.3. The van der Waals surface area contributed by atoms with E-state index in [2.05, 4.69) is 16.0 Å². The molecule has 30 heavy (non-hydrogen) atoms. The van der Waals surface area contributed by atoms with Crippen molar-refractivity contribution in [2.75, 3.05) is 36.6 Å². The molecule has 0 saturated heterocycles. The highest BCUT2D eigenvalue weighted by Gasteiger charge is 2.08. The summed E-state index contributed by atoms with van der Waals surface area (Å²) in [7, 11) is 3.47. The third kappa shape index (κ3) is 7.24. The second kappa shape index (κ2) is 11.0. The summed E-state index contributed by atoms with van der Waals surface area (Å²) in [6, 6.07) is 13.1. The molecule has 0 aliphatic rings. The molecule has 2 aromatic rings. The molecular formula is C23H30N4O3. The Bertz CT molecular complexity index is 909. The molecule has 0 aliphatic carbocycles. The van der Waals surface area contributed by atoms with Crippen LogP contribution in [0, 0.1) is 6.92 Å². The Balaban J connectivity index is 1.90. The largest absolute Gasteiger partial charge is 0.376 e. The molecule has 0 spiro atoms. The third-order valence-corrected chi connectivity index (χ3v) is 4.62. The standard InChI is InChI=1S/C23H30N4O3/c1-5-21(28)26-20-14-18(11-9-16(20)2)24-15-22(29)25-19-8-6-7-17(13-19)10-12-23(30)27(3)4/h6-9,11,13-14,24H,5,10,12,15H2,1-4H3,(H,25,29)(H,26,28). The molecule has 3 amide bonds. The molecule has 7 heteroatoms. The number of hydrogen-bond donors (Lipinski definition) is 3. The molecule has 0 saturated carbocycles. The Morgan fingerprint density at radius 1 is 0.933 bits per heavy atom. The molecule has 0 unspecified atom stereocenters. The van der Waals surface area contributed by atoms with Crippen LogP contribution in [-0.4, -0.2) is 43.3 Å². The predicted octanol–water partition coefficient (Wildman–Crippen LogP) is 3.41. The molecule has 0 aliphatic heterocycles. The summed E-state index contributed by atoms with van der Waals surface area (Å²) in [6.45, 7) is 3.81. The first-order valence-electron chi connectivity index (χ1n) is 10.0. The van der Waals surface area contributed by atoms with E-state index in [-0.39, 0.29) is 24.3 Å². The second-order valence-corrected chi connectivity index (χ2v) is 7.32. The van der Waals surface area contributed by atoms with Crippen LogP contribution in [0.1, 0.15) is 30.9 Å². The van der Waals surface area contributed by atoms with Gasteiger partial charge < -0.3 is 20.9 Å². The van der Waals surface area contributed by atoms with Gasteiger partial charge in [0.05, 0.1) is 6.54 Å². The van der Waals surface area contributed by atoms with E-state index in [1.807, 2.05) is 49.4 Å². The summed E-state index contributed by atoms with van der Waals surface area (Å²) in [5.74, 6) is -0.169. The molecule has 0 fully saturated rings. The molecule has 0 heterocycles. The Kier molecular flexibility index (Phi) is 8.41. The summed E-state index contributed by atoms with van der Waals surface area (Å²) >= 11 is 0. The van der Waals surface area contributed by atoms with Crippen LogP contribution in [0.15, 0.2) is 42.5 Å². The number of amides is 3. The molecule has 0 bridgehead atoms. The van der Waals surface area contributed by atoms with Gasteiger partial charge in [-0.2, -0.15) is 0 Å². The number of nitrogens with zero attached hydrogens (tertiary/aromatic N) is 1. The lowest BCUT2D eigenvalue weighted by molar-refractivity contribution is -0.128. The number of anilines is 3. The number of carbonyl (C=O) groups excluding carboxylic acids is 3. The first-order chi connectivity index (χ1) is 14.3. The van der Waals surface area contributed by atoms with Crippen molar-refractivity contribution >= 4 is 34.8 Å². The van der Waals surface area contributed by atoms with Gasteiger partial charge >= 0.3 is 0 Å². The second-order valence-electron chi connectivity index (χ2n) is 7.32. The van der Waals surface area contributed by atoms with Gasteiger partial charge in [0, 0.05) is 44.0 Å². The van der Waals surface area contributed by atoms with Gasteiger partial charge in [0.2, 0.25) is 17.7 Å². The van der Waals surface area contributed by atoms with Gasteiger partial charge in [0.1, 0.15) is 0 Å². The number of benzene rings is 2. The van der Waals surface area contributed by atoms with E-state index in [9.17, 15) is 14.4 Å². The van der Waals surface area contributed by atoms with E-state index < -0.39 is 0 Å². The van der Waals surface area contributed by atoms with E-state index >= 15 is 0 Å². The minimum atomic E-state index is -0.184. The summed E-state index contributed by atoms with van der Waals surface area (Å²) in [4.78, 5) is 37.3. The summed E-state index contributed by atoms with van der Waals surface area (Å²) in [5.41, 5.74) is 4.11. The van der Waals surface area contributed by atoms with Gasteiger partial charge in [-0.25, -0.2) is 0 Å². The van der Waals surface area contributed by atoms with E-state index in [0.717, 1.165) is 22.5 Å². The zero-order valence-electron chi connectivity index (χ0n) is 18.0. The molecule has 160 valence electrons. The molecule has 2 aromatic carbocycles. The Morgan fingerprint density at radius 2 is 1.70 bits per heavy atom. The highest BCUT2D eigenvalue weighted by molar-refractivity contribution is 5.94. The molecule has 0 atom stereocenters. The number of hydrogen-bond acceptors (Lipinski definition) is 4. The monoisotopic (exact) mass is 410 g/mol. The third-order valence-electron chi connectivity index (χ3n) is 4.62. The number of carbonyl (C=O) groups is 3. The van der Waals surface area contributed by atoms with Crippen molar-refractivity contribution < 1.29 is 14.4 Å². The van der Waals surface area contributed by atoms with Crippen LogP contribution < -0.4 is 16.0 Å². The smallest absolute Gasteiger partial charge is 0.243 e. The van der Waals surface area contributed by atoms with Crippen LogP contribution in [0.4, 0.5) is 17.1 Å². The van der Waals surface area contributed by atoms with E-state index in [4.69, 9.17) is 0 Å². The van der Waals surface area contributed by atoms with Gasteiger partial charge in [0.15, 0.2) is 0 Å². The van der Waals surface area contributed by atoms with Gasteiger partial charge in [-0.15, -0.1) is 0 Å². The fourth-order valence-electron chi connectivity index (χ4n) is 2.77. The van der Waals surface area contributed by atoms with Crippen LogP contribution in [-0.2, 0) is 20.8 Å². The molecule has 3 N–H and O–H groups in total.